The molecule has 0 saturated carbocycles. The summed E-state index contributed by atoms with van der Waals surface area (Å²) in [5.74, 6) is 1.94. The average molecular weight is 777 g/mol. The molecule has 12 heteroatoms. The van der Waals surface area contributed by atoms with Gasteiger partial charge in [0.15, 0.2) is 0 Å². The van der Waals surface area contributed by atoms with Crippen LogP contribution in [0.25, 0.3) is 0 Å². The second kappa shape index (κ2) is 37.8. The molecule has 0 aliphatic carbocycles. The third-order valence-corrected chi connectivity index (χ3v) is 11.2. The number of rotatable bonds is 38. The number of nitrogens with zero attached hydrogens (tertiary/aromatic N) is 1. The van der Waals surface area contributed by atoms with E-state index >= 15 is 0 Å². The number of hydrogen-bond donors (Lipinski definition) is 1. The quantitative estimate of drug-likeness (QED) is 0.0371. The summed E-state index contributed by atoms with van der Waals surface area (Å²) in [6, 6.07) is 0. The van der Waals surface area contributed by atoms with Crippen molar-refractivity contribution in [3.63, 3.8) is 0 Å². The lowest BCUT2D eigenvalue weighted by molar-refractivity contribution is -0.154. The fraction of sp³-hybridized carbons (Fsp3) is 0.900. The van der Waals surface area contributed by atoms with Gasteiger partial charge in [-0.15, -0.1) is 0 Å². The highest BCUT2D eigenvalue weighted by molar-refractivity contribution is 7.99. The van der Waals surface area contributed by atoms with Gasteiger partial charge in [-0.1, -0.05) is 98.8 Å². The zero-order valence-corrected chi connectivity index (χ0v) is 35.3. The standard InChI is InChI=1S/C40H76N2O8S2/c1-6-9-11-13-15-17-31-51-33-35(4)39(45)49-29-27-47-37(43)20-25-42(24-19-23-41-22-8-3)26-21-38(44)48-28-30-50-40(46)36(5)34-52-32-18-16-14-12-10-7-2/h35-36,41H,6-34H2,1-5H3. The van der Waals surface area contributed by atoms with Crippen molar-refractivity contribution in [2.45, 2.75) is 137 Å². The maximum atomic E-state index is 12.4. The van der Waals surface area contributed by atoms with Crippen LogP contribution in [0.3, 0.4) is 0 Å². The number of carbonyl (C=O) groups is 4. The van der Waals surface area contributed by atoms with Crippen molar-refractivity contribution in [1.29, 1.82) is 0 Å². The Labute approximate surface area is 326 Å². The summed E-state index contributed by atoms with van der Waals surface area (Å²) in [6.45, 7) is 13.8. The molecule has 0 aromatic carbocycles. The molecule has 0 aliphatic heterocycles. The first-order valence-electron chi connectivity index (χ1n) is 20.5. The molecule has 52 heavy (non-hydrogen) atoms. The summed E-state index contributed by atoms with van der Waals surface area (Å²) in [6.07, 6.45) is 17.4. The Morgan fingerprint density at radius 1 is 0.519 bits per heavy atom. The van der Waals surface area contributed by atoms with Crippen molar-refractivity contribution in [3.8, 4) is 0 Å². The summed E-state index contributed by atoms with van der Waals surface area (Å²) in [7, 11) is 0. The first-order valence-corrected chi connectivity index (χ1v) is 22.8. The molecule has 10 nitrogen and oxygen atoms in total. The summed E-state index contributed by atoms with van der Waals surface area (Å²) in [5.41, 5.74) is 0. The number of carbonyl (C=O) groups excluding carboxylic acids is 4. The van der Waals surface area contributed by atoms with Crippen LogP contribution in [0.1, 0.15) is 137 Å². The van der Waals surface area contributed by atoms with Gasteiger partial charge in [0, 0.05) is 24.6 Å². The zero-order valence-electron chi connectivity index (χ0n) is 33.7. The van der Waals surface area contributed by atoms with Gasteiger partial charge in [-0.25, -0.2) is 0 Å². The van der Waals surface area contributed by atoms with E-state index in [-0.39, 0.29) is 75.0 Å². The number of nitrogens with one attached hydrogen (secondary N) is 1. The van der Waals surface area contributed by atoms with Gasteiger partial charge in [0.25, 0.3) is 0 Å². The molecule has 306 valence electrons. The highest BCUT2D eigenvalue weighted by Crippen LogP contribution is 2.15. The minimum atomic E-state index is -0.368. The molecule has 1 N–H and O–H groups in total. The van der Waals surface area contributed by atoms with Gasteiger partial charge < -0.3 is 29.2 Å². The van der Waals surface area contributed by atoms with Gasteiger partial charge in [-0.05, 0) is 56.8 Å². The lowest BCUT2D eigenvalue weighted by Gasteiger charge is -2.21. The first-order chi connectivity index (χ1) is 25.2. The topological polar surface area (TPSA) is 120 Å². The summed E-state index contributed by atoms with van der Waals surface area (Å²) < 4.78 is 21.3. The molecule has 0 heterocycles. The molecule has 0 aromatic rings. The van der Waals surface area contributed by atoms with Crippen molar-refractivity contribution in [3.05, 3.63) is 0 Å². The number of thioether (sulfide) groups is 2. The molecule has 0 spiro atoms. The van der Waals surface area contributed by atoms with E-state index in [0.29, 0.717) is 13.1 Å². The largest absolute Gasteiger partial charge is 0.462 e. The normalized spacial score (nSPS) is 12.4. The molecule has 2 atom stereocenters. The molecular weight excluding hydrogens is 701 g/mol. The molecule has 0 radical (unpaired) electrons. The zero-order chi connectivity index (χ0) is 38.5. The molecular formula is C40H76N2O8S2. The van der Waals surface area contributed by atoms with E-state index in [1.54, 1.807) is 23.5 Å². The van der Waals surface area contributed by atoms with Crippen LogP contribution in [0.15, 0.2) is 0 Å². The SMILES string of the molecule is CCCCCCCCSCC(C)C(=O)OCCOC(=O)CCN(CCCNCCC)CCC(=O)OCCOC(=O)C(C)CSCCCCCCCC. The number of ether oxygens (including phenoxy) is 4. The monoisotopic (exact) mass is 777 g/mol. The van der Waals surface area contributed by atoms with Crippen LogP contribution in [-0.4, -0.2) is 111 Å². The van der Waals surface area contributed by atoms with E-state index in [1.807, 2.05) is 13.8 Å². The fourth-order valence-corrected chi connectivity index (χ4v) is 7.34. The Morgan fingerprint density at radius 3 is 1.38 bits per heavy atom. The minimum Gasteiger partial charge on any atom is -0.462 e. The summed E-state index contributed by atoms with van der Waals surface area (Å²) in [4.78, 5) is 51.5. The van der Waals surface area contributed by atoms with Crippen LogP contribution in [0.5, 0.6) is 0 Å². The molecule has 0 aliphatic rings. The fourth-order valence-electron chi connectivity index (χ4n) is 5.21. The number of esters is 4. The van der Waals surface area contributed by atoms with E-state index in [1.165, 1.54) is 77.0 Å². The van der Waals surface area contributed by atoms with Gasteiger partial charge in [0.2, 0.25) is 0 Å². The van der Waals surface area contributed by atoms with Gasteiger partial charge in [0.05, 0.1) is 24.7 Å². The maximum absolute atomic E-state index is 12.4. The summed E-state index contributed by atoms with van der Waals surface area (Å²) in [5, 5.41) is 3.38. The van der Waals surface area contributed by atoms with E-state index in [0.717, 1.165) is 55.5 Å². The molecule has 0 rings (SSSR count). The smallest absolute Gasteiger partial charge is 0.309 e. The second-order valence-corrected chi connectivity index (χ2v) is 16.0. The molecule has 0 aromatic heterocycles. The third kappa shape index (κ3) is 33.1. The third-order valence-electron chi connectivity index (χ3n) is 8.53. The van der Waals surface area contributed by atoms with Crippen molar-refractivity contribution in [2.75, 3.05) is 82.2 Å². The Morgan fingerprint density at radius 2 is 0.942 bits per heavy atom. The number of unbranched alkanes of at least 4 members (excludes halogenated alkanes) is 10. The van der Waals surface area contributed by atoms with Crippen LogP contribution in [0.4, 0.5) is 0 Å². The average Bonchev–Trinajstić information content (AvgIpc) is 3.14. The first kappa shape index (κ1) is 50.5. The predicted octanol–water partition coefficient (Wildman–Crippen LogP) is 8.09. The Kier molecular flexibility index (Phi) is 36.7. The Balaban J connectivity index is 4.25. The lowest BCUT2D eigenvalue weighted by Crippen LogP contribution is -2.32. The van der Waals surface area contributed by atoms with Gasteiger partial charge in [0.1, 0.15) is 26.4 Å². The van der Waals surface area contributed by atoms with E-state index in [9.17, 15) is 19.2 Å². The molecule has 0 amide bonds. The van der Waals surface area contributed by atoms with Crippen molar-refractivity contribution >= 4 is 47.4 Å². The van der Waals surface area contributed by atoms with E-state index in [2.05, 4.69) is 31.0 Å². The van der Waals surface area contributed by atoms with Crippen LogP contribution in [-0.2, 0) is 38.1 Å². The van der Waals surface area contributed by atoms with Crippen molar-refractivity contribution < 1.29 is 38.1 Å². The minimum absolute atomic E-state index is 0.0246. The molecule has 0 saturated heterocycles. The molecule has 0 fully saturated rings. The highest BCUT2D eigenvalue weighted by Gasteiger charge is 2.17. The number of hydrogen-bond acceptors (Lipinski definition) is 12. The van der Waals surface area contributed by atoms with Crippen LogP contribution in [0, 0.1) is 11.8 Å². The van der Waals surface area contributed by atoms with Crippen LogP contribution in [0.2, 0.25) is 0 Å². The van der Waals surface area contributed by atoms with Gasteiger partial charge in [-0.2, -0.15) is 23.5 Å². The predicted molar refractivity (Wildman–Crippen MR) is 217 cm³/mol. The van der Waals surface area contributed by atoms with Gasteiger partial charge >= 0.3 is 23.9 Å². The lowest BCUT2D eigenvalue weighted by atomic mass is 10.1. The van der Waals surface area contributed by atoms with E-state index in [4.69, 9.17) is 18.9 Å². The highest BCUT2D eigenvalue weighted by atomic mass is 32.2. The molecule has 2 unspecified atom stereocenters. The van der Waals surface area contributed by atoms with Crippen LogP contribution >= 0.6 is 23.5 Å². The van der Waals surface area contributed by atoms with Crippen LogP contribution < -0.4 is 5.32 Å². The Bertz CT molecular complexity index is 821. The van der Waals surface area contributed by atoms with Gasteiger partial charge in [-0.3, -0.25) is 19.2 Å². The second-order valence-electron chi connectivity index (χ2n) is 13.7. The maximum Gasteiger partial charge on any atom is 0.309 e. The van der Waals surface area contributed by atoms with Crippen molar-refractivity contribution in [1.82, 2.24) is 10.2 Å². The Hall–Kier alpha value is -1.50. The summed E-state index contributed by atoms with van der Waals surface area (Å²) >= 11 is 3.58. The molecule has 0 bridgehead atoms. The van der Waals surface area contributed by atoms with E-state index < -0.39 is 0 Å². The van der Waals surface area contributed by atoms with Crippen molar-refractivity contribution in [2.24, 2.45) is 11.8 Å².